The Labute approximate surface area is 164 Å². The molecule has 4 rings (SSSR count). The third-order valence-corrected chi connectivity index (χ3v) is 5.30. The van der Waals surface area contributed by atoms with Crippen molar-refractivity contribution in [2.45, 2.75) is 6.92 Å². The van der Waals surface area contributed by atoms with E-state index in [-0.39, 0.29) is 11.6 Å². The van der Waals surface area contributed by atoms with Gasteiger partial charge in [0.25, 0.3) is 0 Å². The van der Waals surface area contributed by atoms with Crippen LogP contribution in [-0.4, -0.2) is 25.3 Å². The molecule has 0 saturated heterocycles. The SMILES string of the molecule is Cc1nc(-c2ccc(F)cc2)sc1C(=O)/C=C/c1ccc(-n2ccnc2)nc1. The van der Waals surface area contributed by atoms with E-state index in [4.69, 9.17) is 0 Å². The van der Waals surface area contributed by atoms with Gasteiger partial charge >= 0.3 is 0 Å². The molecule has 3 heterocycles. The molecule has 7 heteroatoms. The van der Waals surface area contributed by atoms with E-state index in [9.17, 15) is 9.18 Å². The van der Waals surface area contributed by atoms with E-state index in [1.54, 1.807) is 48.4 Å². The van der Waals surface area contributed by atoms with Crippen LogP contribution in [0.2, 0.25) is 0 Å². The number of ketones is 1. The number of imidazole rings is 1. The minimum atomic E-state index is -0.302. The number of aryl methyl sites for hydroxylation is 1. The van der Waals surface area contributed by atoms with Crippen LogP contribution in [0.5, 0.6) is 0 Å². The van der Waals surface area contributed by atoms with Crippen molar-refractivity contribution >= 4 is 23.2 Å². The predicted molar refractivity (Wildman–Crippen MR) is 107 cm³/mol. The third kappa shape index (κ3) is 3.79. The van der Waals surface area contributed by atoms with Gasteiger partial charge in [-0.15, -0.1) is 11.3 Å². The van der Waals surface area contributed by atoms with Gasteiger partial charge < -0.3 is 0 Å². The molecule has 0 N–H and O–H groups in total. The normalized spacial score (nSPS) is 11.2. The summed E-state index contributed by atoms with van der Waals surface area (Å²) in [5.74, 6) is 0.328. The molecule has 0 bridgehead atoms. The van der Waals surface area contributed by atoms with Crippen LogP contribution in [0.3, 0.4) is 0 Å². The highest BCUT2D eigenvalue weighted by Crippen LogP contribution is 2.28. The summed E-state index contributed by atoms with van der Waals surface area (Å²) in [6.07, 6.45) is 10.1. The Balaban J connectivity index is 1.51. The first-order valence-electron chi connectivity index (χ1n) is 8.50. The quantitative estimate of drug-likeness (QED) is 0.365. The molecule has 0 saturated carbocycles. The number of halogens is 1. The van der Waals surface area contributed by atoms with Gasteiger partial charge in [-0.05, 0) is 61.0 Å². The number of rotatable bonds is 5. The van der Waals surface area contributed by atoms with Gasteiger partial charge in [-0.2, -0.15) is 0 Å². The van der Waals surface area contributed by atoms with E-state index in [0.717, 1.165) is 16.9 Å². The van der Waals surface area contributed by atoms with Crippen LogP contribution >= 0.6 is 11.3 Å². The lowest BCUT2D eigenvalue weighted by Crippen LogP contribution is -1.95. The van der Waals surface area contributed by atoms with Crippen LogP contribution in [0.1, 0.15) is 20.9 Å². The topological polar surface area (TPSA) is 60.7 Å². The van der Waals surface area contributed by atoms with Crippen LogP contribution in [0.25, 0.3) is 22.5 Å². The van der Waals surface area contributed by atoms with E-state index < -0.39 is 0 Å². The number of carbonyl (C=O) groups excluding carboxylic acids is 1. The summed E-state index contributed by atoms with van der Waals surface area (Å²) in [5.41, 5.74) is 2.27. The average Bonchev–Trinajstić information content (AvgIpc) is 3.37. The molecule has 28 heavy (non-hydrogen) atoms. The fourth-order valence-electron chi connectivity index (χ4n) is 2.63. The molecule has 0 fully saturated rings. The van der Waals surface area contributed by atoms with Gasteiger partial charge in [0.2, 0.25) is 0 Å². The first-order chi connectivity index (χ1) is 13.6. The second-order valence-electron chi connectivity index (χ2n) is 6.06. The molecule has 0 radical (unpaired) electrons. The maximum Gasteiger partial charge on any atom is 0.197 e. The molecule has 1 aromatic carbocycles. The Morgan fingerprint density at radius 2 is 2.00 bits per heavy atom. The molecule has 0 aliphatic carbocycles. The van der Waals surface area contributed by atoms with Gasteiger partial charge in [-0.25, -0.2) is 19.3 Å². The zero-order chi connectivity index (χ0) is 19.5. The number of hydrogen-bond acceptors (Lipinski definition) is 5. The highest BCUT2D eigenvalue weighted by atomic mass is 32.1. The second-order valence-corrected chi connectivity index (χ2v) is 7.06. The van der Waals surface area contributed by atoms with Gasteiger partial charge in [0, 0.05) is 24.2 Å². The van der Waals surface area contributed by atoms with Crippen molar-refractivity contribution in [2.75, 3.05) is 0 Å². The maximum atomic E-state index is 13.1. The predicted octanol–water partition coefficient (Wildman–Crippen LogP) is 4.73. The summed E-state index contributed by atoms with van der Waals surface area (Å²) in [5, 5.41) is 0.695. The standard InChI is InChI=1S/C21H15FN4OS/c1-14-20(28-21(25-14)16-4-6-17(22)7-5-16)18(27)8-2-15-3-9-19(24-12-15)26-11-10-23-13-26/h2-13H,1H3/b8-2+. The molecule has 0 spiro atoms. The lowest BCUT2D eigenvalue weighted by atomic mass is 10.2. The number of pyridine rings is 1. The summed E-state index contributed by atoms with van der Waals surface area (Å²) in [6.45, 7) is 1.80. The van der Waals surface area contributed by atoms with Crippen molar-refractivity contribution in [2.24, 2.45) is 0 Å². The number of allylic oxidation sites excluding steroid dienone is 1. The molecular weight excluding hydrogens is 375 g/mol. The first kappa shape index (κ1) is 17.9. The molecule has 3 aromatic heterocycles. The average molecular weight is 390 g/mol. The van der Waals surface area contributed by atoms with Crippen molar-refractivity contribution in [3.8, 4) is 16.4 Å². The monoisotopic (exact) mass is 390 g/mol. The van der Waals surface area contributed by atoms with Crippen molar-refractivity contribution < 1.29 is 9.18 Å². The lowest BCUT2D eigenvalue weighted by molar-refractivity contribution is 0.105. The Morgan fingerprint density at radius 3 is 2.68 bits per heavy atom. The van der Waals surface area contributed by atoms with Gasteiger partial charge in [-0.1, -0.05) is 0 Å². The Bertz CT molecular complexity index is 1130. The van der Waals surface area contributed by atoms with Crippen LogP contribution in [0, 0.1) is 12.7 Å². The van der Waals surface area contributed by atoms with Gasteiger partial charge in [-0.3, -0.25) is 9.36 Å². The minimum absolute atomic E-state index is 0.123. The largest absolute Gasteiger partial charge is 0.291 e. The fourth-order valence-corrected chi connectivity index (χ4v) is 3.62. The summed E-state index contributed by atoms with van der Waals surface area (Å²) in [4.78, 5) is 25.9. The van der Waals surface area contributed by atoms with Gasteiger partial charge in [0.15, 0.2) is 5.78 Å². The van der Waals surface area contributed by atoms with E-state index in [1.807, 2.05) is 18.3 Å². The number of hydrogen-bond donors (Lipinski definition) is 0. The van der Waals surface area contributed by atoms with E-state index in [0.29, 0.717) is 15.6 Å². The number of aromatic nitrogens is 4. The number of nitrogens with zero attached hydrogens (tertiary/aromatic N) is 4. The molecule has 138 valence electrons. The Kier molecular flexibility index (Phi) is 4.90. The molecule has 4 aromatic rings. The first-order valence-corrected chi connectivity index (χ1v) is 9.32. The minimum Gasteiger partial charge on any atom is -0.291 e. The molecule has 0 aliphatic rings. The Hall–Kier alpha value is -3.45. The Morgan fingerprint density at radius 1 is 1.18 bits per heavy atom. The van der Waals surface area contributed by atoms with Crippen molar-refractivity contribution in [3.05, 3.63) is 89.3 Å². The van der Waals surface area contributed by atoms with Crippen molar-refractivity contribution in [1.29, 1.82) is 0 Å². The maximum absolute atomic E-state index is 13.1. The van der Waals surface area contributed by atoms with Crippen LogP contribution in [0.4, 0.5) is 4.39 Å². The molecule has 0 amide bonds. The summed E-state index contributed by atoms with van der Waals surface area (Å²) < 4.78 is 14.9. The number of thiazole rings is 1. The molecule has 0 atom stereocenters. The van der Waals surface area contributed by atoms with Crippen LogP contribution in [-0.2, 0) is 0 Å². The van der Waals surface area contributed by atoms with E-state index in [1.165, 1.54) is 29.5 Å². The number of benzene rings is 1. The lowest BCUT2D eigenvalue weighted by Gasteiger charge is -2.00. The zero-order valence-corrected chi connectivity index (χ0v) is 15.7. The zero-order valence-electron chi connectivity index (χ0n) is 14.9. The summed E-state index contributed by atoms with van der Waals surface area (Å²) >= 11 is 1.30. The van der Waals surface area contributed by atoms with Crippen molar-refractivity contribution in [3.63, 3.8) is 0 Å². The summed E-state index contributed by atoms with van der Waals surface area (Å²) in [6, 6.07) is 9.82. The molecule has 5 nitrogen and oxygen atoms in total. The van der Waals surface area contributed by atoms with Crippen LogP contribution in [0.15, 0.2) is 67.4 Å². The van der Waals surface area contributed by atoms with E-state index >= 15 is 0 Å². The smallest absolute Gasteiger partial charge is 0.197 e. The second kappa shape index (κ2) is 7.66. The molecule has 0 unspecified atom stereocenters. The van der Waals surface area contributed by atoms with Gasteiger partial charge in [0.05, 0.1) is 10.6 Å². The molecule has 0 aliphatic heterocycles. The van der Waals surface area contributed by atoms with Crippen LogP contribution < -0.4 is 0 Å². The third-order valence-electron chi connectivity index (χ3n) is 4.08. The van der Waals surface area contributed by atoms with Crippen molar-refractivity contribution in [1.82, 2.24) is 19.5 Å². The fraction of sp³-hybridized carbons (Fsp3) is 0.0476. The number of carbonyl (C=O) groups is 1. The highest BCUT2D eigenvalue weighted by Gasteiger charge is 2.14. The molecular formula is C21H15FN4OS. The highest BCUT2D eigenvalue weighted by molar-refractivity contribution is 7.17. The van der Waals surface area contributed by atoms with Gasteiger partial charge in [0.1, 0.15) is 23.0 Å². The van der Waals surface area contributed by atoms with E-state index in [2.05, 4.69) is 15.0 Å². The summed E-state index contributed by atoms with van der Waals surface area (Å²) in [7, 11) is 0.